The van der Waals surface area contributed by atoms with Gasteiger partial charge >= 0.3 is 5.97 Å². The van der Waals surface area contributed by atoms with Crippen LogP contribution < -0.4 is 5.32 Å². The maximum Gasteiger partial charge on any atom is 0.326 e. The normalized spacial score (nSPS) is 12.3. The largest absolute Gasteiger partial charge is 0.480 e. The van der Waals surface area contributed by atoms with Crippen molar-refractivity contribution in [2.45, 2.75) is 12.5 Å². The first kappa shape index (κ1) is 13.0. The molecule has 0 bridgehead atoms. The highest BCUT2D eigenvalue weighted by atomic mass is 16.4. The molecule has 0 saturated heterocycles. The Balaban J connectivity index is 2.16. The second kappa shape index (κ2) is 5.49. The number of benzene rings is 1. The summed E-state index contributed by atoms with van der Waals surface area (Å²) in [6, 6.07) is 3.79. The molecule has 1 heterocycles. The van der Waals surface area contributed by atoms with Crippen LogP contribution in [0.5, 0.6) is 0 Å². The number of carboxylic acids is 1. The molecule has 1 aromatic carbocycles. The highest BCUT2D eigenvalue weighted by Crippen LogP contribution is 2.13. The third-order valence-electron chi connectivity index (χ3n) is 2.72. The zero-order chi connectivity index (χ0) is 13.8. The molecule has 0 saturated carbocycles. The summed E-state index contributed by atoms with van der Waals surface area (Å²) in [4.78, 5) is 22.8. The van der Waals surface area contributed by atoms with Gasteiger partial charge in [0.15, 0.2) is 0 Å². The molecular weight excluding hydrogens is 250 g/mol. The molecule has 4 N–H and O–H groups in total. The van der Waals surface area contributed by atoms with E-state index in [1.807, 2.05) is 0 Å². The van der Waals surface area contributed by atoms with Crippen LogP contribution >= 0.6 is 0 Å². The lowest BCUT2D eigenvalue weighted by molar-refractivity contribution is -0.139. The van der Waals surface area contributed by atoms with E-state index in [4.69, 9.17) is 10.2 Å². The standard InChI is InChI=1S/C12H13N3O4/c16-4-3-10(12(18)19)14-11(17)7-1-2-9-8(5-7)6-13-15-9/h1-2,5-6,10,16H,3-4H2,(H,13,15)(H,14,17)(H,18,19)/t10-/m1/s1. The molecule has 7 heteroatoms. The van der Waals surface area contributed by atoms with Crippen LogP contribution in [0, 0.1) is 0 Å². The molecule has 1 atom stereocenters. The van der Waals surface area contributed by atoms with Gasteiger partial charge in [0, 0.05) is 24.0 Å². The molecule has 0 aliphatic carbocycles. The van der Waals surface area contributed by atoms with Gasteiger partial charge in [-0.3, -0.25) is 9.89 Å². The topological polar surface area (TPSA) is 115 Å². The Hall–Kier alpha value is -2.41. The maximum absolute atomic E-state index is 11.9. The van der Waals surface area contributed by atoms with Crippen molar-refractivity contribution < 1.29 is 19.8 Å². The van der Waals surface area contributed by atoms with E-state index in [0.29, 0.717) is 5.56 Å². The number of fused-ring (bicyclic) bond motifs is 1. The molecule has 0 radical (unpaired) electrons. The highest BCUT2D eigenvalue weighted by Gasteiger charge is 2.20. The van der Waals surface area contributed by atoms with Crippen LogP contribution in [-0.2, 0) is 4.79 Å². The number of aromatic nitrogens is 2. The SMILES string of the molecule is O=C(N[C@H](CCO)C(=O)O)c1ccc2[nH]ncc2c1. The summed E-state index contributed by atoms with van der Waals surface area (Å²) >= 11 is 0. The fourth-order valence-electron chi connectivity index (χ4n) is 1.71. The smallest absolute Gasteiger partial charge is 0.326 e. The van der Waals surface area contributed by atoms with Gasteiger partial charge in [-0.25, -0.2) is 4.79 Å². The molecule has 0 aliphatic heterocycles. The molecular formula is C12H13N3O4. The number of hydrogen-bond donors (Lipinski definition) is 4. The molecule has 2 rings (SSSR count). The number of rotatable bonds is 5. The molecule has 0 spiro atoms. The average Bonchev–Trinajstić information content (AvgIpc) is 2.85. The van der Waals surface area contributed by atoms with Gasteiger partial charge < -0.3 is 15.5 Å². The number of aromatic amines is 1. The van der Waals surface area contributed by atoms with Gasteiger partial charge in [-0.15, -0.1) is 0 Å². The second-order valence-corrected chi connectivity index (χ2v) is 4.05. The Kier molecular flexibility index (Phi) is 3.76. The van der Waals surface area contributed by atoms with Gasteiger partial charge in [-0.1, -0.05) is 0 Å². The number of aliphatic carboxylic acids is 1. The van der Waals surface area contributed by atoms with E-state index < -0.39 is 17.9 Å². The van der Waals surface area contributed by atoms with E-state index in [-0.39, 0.29) is 13.0 Å². The molecule has 1 aromatic heterocycles. The fraction of sp³-hybridized carbons (Fsp3) is 0.250. The minimum Gasteiger partial charge on any atom is -0.480 e. The minimum atomic E-state index is -1.17. The molecule has 0 fully saturated rings. The van der Waals surface area contributed by atoms with Crippen molar-refractivity contribution in [1.29, 1.82) is 0 Å². The molecule has 7 nitrogen and oxygen atoms in total. The Morgan fingerprint density at radius 1 is 1.42 bits per heavy atom. The third kappa shape index (κ3) is 2.89. The van der Waals surface area contributed by atoms with Crippen molar-refractivity contribution >= 4 is 22.8 Å². The number of aliphatic hydroxyl groups is 1. The van der Waals surface area contributed by atoms with E-state index in [1.54, 1.807) is 24.4 Å². The van der Waals surface area contributed by atoms with Gasteiger partial charge in [-0.05, 0) is 18.2 Å². The first-order chi connectivity index (χ1) is 9.11. The quantitative estimate of drug-likeness (QED) is 0.612. The summed E-state index contributed by atoms with van der Waals surface area (Å²) in [6.45, 7) is -0.308. The lowest BCUT2D eigenvalue weighted by atomic mass is 10.1. The lowest BCUT2D eigenvalue weighted by Crippen LogP contribution is -2.41. The van der Waals surface area contributed by atoms with E-state index in [0.717, 1.165) is 10.9 Å². The van der Waals surface area contributed by atoms with Gasteiger partial charge in [0.2, 0.25) is 0 Å². The Morgan fingerprint density at radius 3 is 2.89 bits per heavy atom. The lowest BCUT2D eigenvalue weighted by Gasteiger charge is -2.13. The van der Waals surface area contributed by atoms with Crippen molar-refractivity contribution in [2.24, 2.45) is 0 Å². The van der Waals surface area contributed by atoms with Crippen LogP contribution in [-0.4, -0.2) is 44.9 Å². The first-order valence-electron chi connectivity index (χ1n) is 5.69. The summed E-state index contributed by atoms with van der Waals surface area (Å²) in [6.07, 6.45) is 1.55. The van der Waals surface area contributed by atoms with Gasteiger partial charge in [-0.2, -0.15) is 5.10 Å². The van der Waals surface area contributed by atoms with Crippen molar-refractivity contribution in [3.8, 4) is 0 Å². The van der Waals surface area contributed by atoms with Crippen LogP contribution in [0.4, 0.5) is 0 Å². The number of carbonyl (C=O) groups is 2. The van der Waals surface area contributed by atoms with E-state index in [2.05, 4.69) is 15.5 Å². The van der Waals surface area contributed by atoms with E-state index in [9.17, 15) is 9.59 Å². The van der Waals surface area contributed by atoms with Crippen molar-refractivity contribution in [1.82, 2.24) is 15.5 Å². The fourth-order valence-corrected chi connectivity index (χ4v) is 1.71. The second-order valence-electron chi connectivity index (χ2n) is 4.05. The van der Waals surface area contributed by atoms with E-state index >= 15 is 0 Å². The van der Waals surface area contributed by atoms with Gasteiger partial charge in [0.05, 0.1) is 11.7 Å². The van der Waals surface area contributed by atoms with Crippen molar-refractivity contribution in [3.05, 3.63) is 30.0 Å². The van der Waals surface area contributed by atoms with E-state index in [1.165, 1.54) is 0 Å². The van der Waals surface area contributed by atoms with Crippen molar-refractivity contribution in [3.63, 3.8) is 0 Å². The minimum absolute atomic E-state index is 0.0327. The zero-order valence-corrected chi connectivity index (χ0v) is 9.96. The number of amides is 1. The first-order valence-corrected chi connectivity index (χ1v) is 5.69. The predicted molar refractivity (Wildman–Crippen MR) is 66.7 cm³/mol. The molecule has 0 unspecified atom stereocenters. The number of nitrogens with zero attached hydrogens (tertiary/aromatic N) is 1. The number of aliphatic hydroxyl groups excluding tert-OH is 1. The van der Waals surface area contributed by atoms with Crippen LogP contribution in [0.1, 0.15) is 16.8 Å². The molecule has 19 heavy (non-hydrogen) atoms. The average molecular weight is 263 g/mol. The summed E-state index contributed by atoms with van der Waals surface area (Å²) < 4.78 is 0. The predicted octanol–water partition coefficient (Wildman–Crippen LogP) is 0.128. The zero-order valence-electron chi connectivity index (χ0n) is 9.96. The molecule has 1 amide bonds. The number of carbonyl (C=O) groups excluding carboxylic acids is 1. The number of H-pyrrole nitrogens is 1. The number of hydrogen-bond acceptors (Lipinski definition) is 4. The summed E-state index contributed by atoms with van der Waals surface area (Å²) in [7, 11) is 0. The highest BCUT2D eigenvalue weighted by molar-refractivity contribution is 5.99. The monoisotopic (exact) mass is 263 g/mol. The van der Waals surface area contributed by atoms with Gasteiger partial charge in [0.1, 0.15) is 6.04 Å². The number of carboxylic acid groups (broad SMARTS) is 1. The Morgan fingerprint density at radius 2 is 2.21 bits per heavy atom. The Bertz CT molecular complexity index is 608. The Labute approximate surface area is 108 Å². The molecule has 0 aliphatic rings. The van der Waals surface area contributed by atoms with Crippen LogP contribution in [0.3, 0.4) is 0 Å². The van der Waals surface area contributed by atoms with Crippen molar-refractivity contribution in [2.75, 3.05) is 6.61 Å². The summed E-state index contributed by atoms with van der Waals surface area (Å²) in [5.74, 6) is -1.67. The third-order valence-corrected chi connectivity index (χ3v) is 2.72. The van der Waals surface area contributed by atoms with Crippen LogP contribution in [0.15, 0.2) is 24.4 Å². The number of nitrogens with one attached hydrogen (secondary N) is 2. The summed E-state index contributed by atoms with van der Waals surface area (Å²) in [5.41, 5.74) is 1.14. The molecule has 2 aromatic rings. The molecule has 100 valence electrons. The maximum atomic E-state index is 11.9. The summed E-state index contributed by atoms with van der Waals surface area (Å²) in [5, 5.41) is 27.4. The van der Waals surface area contributed by atoms with Gasteiger partial charge in [0.25, 0.3) is 5.91 Å². The van der Waals surface area contributed by atoms with Crippen LogP contribution in [0.2, 0.25) is 0 Å². The van der Waals surface area contributed by atoms with Crippen LogP contribution in [0.25, 0.3) is 10.9 Å².